The van der Waals surface area contributed by atoms with Crippen molar-refractivity contribution in [2.45, 2.75) is 71.1 Å². The summed E-state index contributed by atoms with van der Waals surface area (Å²) in [6.45, 7) is 5.17. The number of anilines is 2. The van der Waals surface area contributed by atoms with Gasteiger partial charge in [0.2, 0.25) is 0 Å². The second-order valence-electron chi connectivity index (χ2n) is 10.8. The van der Waals surface area contributed by atoms with Crippen LogP contribution in [0.3, 0.4) is 0 Å². The fourth-order valence-corrected chi connectivity index (χ4v) is 5.85. The number of amides is 1. The standard InChI is InChI=1S/C26H30F5N3O3/c1-3-25(4-2)12-34(13-25)24-33-21(20(37-24)11-26(29,30)31)23(35)32-16-9-18(27)22(19(28)10-16)36-17-7-14-5-15(6-14)8-17/h9-10,14-15,17H,3-8,11-13H2,1-2H3,(H,32,35). The number of aromatic nitrogens is 1. The highest BCUT2D eigenvalue weighted by Crippen LogP contribution is 2.47. The Bertz CT molecular complexity index is 1130. The van der Waals surface area contributed by atoms with Crippen LogP contribution in [-0.4, -0.2) is 36.3 Å². The van der Waals surface area contributed by atoms with Crippen molar-refractivity contribution < 1.29 is 35.9 Å². The molecule has 2 heterocycles. The summed E-state index contributed by atoms with van der Waals surface area (Å²) in [5.41, 5.74) is -0.806. The maximum Gasteiger partial charge on any atom is 0.396 e. The van der Waals surface area contributed by atoms with Gasteiger partial charge < -0.3 is 19.4 Å². The first kappa shape index (κ1) is 25.8. The van der Waals surface area contributed by atoms with E-state index in [0.717, 1.165) is 50.7 Å². The van der Waals surface area contributed by atoms with E-state index in [4.69, 9.17) is 9.15 Å². The molecule has 4 fully saturated rings. The van der Waals surface area contributed by atoms with Gasteiger partial charge >= 0.3 is 6.18 Å². The topological polar surface area (TPSA) is 67.6 Å². The minimum atomic E-state index is -4.64. The van der Waals surface area contributed by atoms with Crippen LogP contribution < -0.4 is 15.0 Å². The van der Waals surface area contributed by atoms with Crippen molar-refractivity contribution in [2.24, 2.45) is 17.3 Å². The quantitative estimate of drug-likeness (QED) is 0.397. The molecule has 2 aromatic rings. The SMILES string of the molecule is CCC1(CC)CN(c2nc(C(=O)Nc3cc(F)c(OC4CC5CC(C5)C4)c(F)c3)c(CC(F)(F)F)o2)C1. The number of nitrogens with one attached hydrogen (secondary N) is 1. The van der Waals surface area contributed by atoms with Gasteiger partial charge in [-0.3, -0.25) is 4.79 Å². The third kappa shape index (κ3) is 5.27. The molecule has 1 aromatic carbocycles. The average molecular weight is 528 g/mol. The second kappa shape index (κ2) is 9.47. The van der Waals surface area contributed by atoms with Gasteiger partial charge in [-0.2, -0.15) is 18.2 Å². The molecule has 37 heavy (non-hydrogen) atoms. The molecule has 1 N–H and O–H groups in total. The molecule has 1 aromatic heterocycles. The van der Waals surface area contributed by atoms with E-state index in [0.29, 0.717) is 24.9 Å². The highest BCUT2D eigenvalue weighted by atomic mass is 19.4. The Morgan fingerprint density at radius 3 is 2.24 bits per heavy atom. The van der Waals surface area contributed by atoms with E-state index in [1.54, 1.807) is 4.90 Å². The summed E-state index contributed by atoms with van der Waals surface area (Å²) in [7, 11) is 0. The molecule has 0 unspecified atom stereocenters. The van der Waals surface area contributed by atoms with Gasteiger partial charge in [-0.1, -0.05) is 13.8 Å². The van der Waals surface area contributed by atoms with Crippen molar-refractivity contribution in [3.05, 3.63) is 35.2 Å². The number of benzene rings is 1. The number of carbonyl (C=O) groups is 1. The molecular formula is C26H30F5N3O3. The highest BCUT2D eigenvalue weighted by molar-refractivity contribution is 6.03. The monoisotopic (exact) mass is 527 g/mol. The molecule has 0 atom stereocenters. The largest absolute Gasteiger partial charge is 0.484 e. The number of halogens is 5. The summed E-state index contributed by atoms with van der Waals surface area (Å²) in [5, 5.41) is 2.26. The summed E-state index contributed by atoms with van der Waals surface area (Å²) in [6, 6.07) is 1.70. The molecule has 2 bridgehead atoms. The lowest BCUT2D eigenvalue weighted by molar-refractivity contribution is -0.130. The highest BCUT2D eigenvalue weighted by Gasteiger charge is 2.43. The van der Waals surface area contributed by atoms with Crippen LogP contribution in [0, 0.1) is 28.9 Å². The Kier molecular flexibility index (Phi) is 6.60. The molecule has 202 valence electrons. The first-order valence-electron chi connectivity index (χ1n) is 12.8. The van der Waals surface area contributed by atoms with E-state index in [1.165, 1.54) is 0 Å². The Morgan fingerprint density at radius 1 is 1.11 bits per heavy atom. The number of rotatable bonds is 8. The van der Waals surface area contributed by atoms with E-state index in [-0.39, 0.29) is 23.2 Å². The predicted molar refractivity (Wildman–Crippen MR) is 126 cm³/mol. The maximum atomic E-state index is 14.7. The van der Waals surface area contributed by atoms with Crippen LogP contribution in [0.4, 0.5) is 33.7 Å². The van der Waals surface area contributed by atoms with Crippen LogP contribution in [0.25, 0.3) is 0 Å². The Morgan fingerprint density at radius 2 is 1.70 bits per heavy atom. The van der Waals surface area contributed by atoms with Crippen LogP contribution in [0.15, 0.2) is 16.5 Å². The van der Waals surface area contributed by atoms with Crippen molar-refractivity contribution in [3.8, 4) is 5.75 Å². The van der Waals surface area contributed by atoms with Gasteiger partial charge in [-0.05, 0) is 50.4 Å². The predicted octanol–water partition coefficient (Wildman–Crippen LogP) is 6.50. The molecule has 11 heteroatoms. The lowest BCUT2D eigenvalue weighted by Crippen LogP contribution is -2.56. The number of hydrogen-bond donors (Lipinski definition) is 1. The van der Waals surface area contributed by atoms with Crippen molar-refractivity contribution in [3.63, 3.8) is 0 Å². The third-order valence-electron chi connectivity index (χ3n) is 8.15. The van der Waals surface area contributed by atoms with Gasteiger partial charge in [0.25, 0.3) is 11.9 Å². The molecule has 1 amide bonds. The van der Waals surface area contributed by atoms with Crippen molar-refractivity contribution in [1.82, 2.24) is 4.98 Å². The van der Waals surface area contributed by atoms with Crippen LogP contribution in [0.5, 0.6) is 5.75 Å². The molecule has 3 saturated carbocycles. The average Bonchev–Trinajstić information content (AvgIpc) is 3.18. The zero-order chi connectivity index (χ0) is 26.5. The minimum absolute atomic E-state index is 0.0258. The number of hydrogen-bond acceptors (Lipinski definition) is 5. The van der Waals surface area contributed by atoms with Gasteiger partial charge in [-0.25, -0.2) is 8.78 Å². The molecule has 6 rings (SSSR count). The third-order valence-corrected chi connectivity index (χ3v) is 8.15. The summed E-state index contributed by atoms with van der Waals surface area (Å²) >= 11 is 0. The van der Waals surface area contributed by atoms with Crippen LogP contribution in [-0.2, 0) is 6.42 Å². The van der Waals surface area contributed by atoms with Crippen molar-refractivity contribution in [1.29, 1.82) is 0 Å². The lowest BCUT2D eigenvalue weighted by atomic mass is 9.64. The normalized spacial score (nSPS) is 24.3. The number of fused-ring (bicyclic) bond motifs is 2. The zero-order valence-electron chi connectivity index (χ0n) is 20.8. The number of carbonyl (C=O) groups excluding carboxylic acids is 1. The van der Waals surface area contributed by atoms with E-state index >= 15 is 0 Å². The molecular weight excluding hydrogens is 497 g/mol. The summed E-state index contributed by atoms with van der Waals surface area (Å²) in [6.07, 6.45) is -0.864. The molecule has 4 aliphatic rings. The maximum absolute atomic E-state index is 14.7. The molecule has 1 aliphatic heterocycles. The molecule has 3 aliphatic carbocycles. The Balaban J connectivity index is 1.32. The van der Waals surface area contributed by atoms with Gasteiger partial charge in [0.05, 0.1) is 6.10 Å². The summed E-state index contributed by atoms with van der Waals surface area (Å²) < 4.78 is 79.9. The lowest BCUT2D eigenvalue weighted by Gasteiger charge is -2.49. The molecule has 0 radical (unpaired) electrons. The number of ether oxygens (including phenoxy) is 1. The minimum Gasteiger partial charge on any atom is -0.484 e. The first-order chi connectivity index (χ1) is 17.5. The van der Waals surface area contributed by atoms with E-state index < -0.39 is 47.3 Å². The van der Waals surface area contributed by atoms with E-state index in [9.17, 15) is 26.7 Å². The Labute approximate surface area is 211 Å². The smallest absolute Gasteiger partial charge is 0.396 e. The van der Waals surface area contributed by atoms with Crippen LogP contribution in [0.1, 0.15) is 68.6 Å². The van der Waals surface area contributed by atoms with Crippen molar-refractivity contribution >= 4 is 17.6 Å². The van der Waals surface area contributed by atoms with Crippen LogP contribution in [0.2, 0.25) is 0 Å². The number of alkyl halides is 3. The van der Waals surface area contributed by atoms with Gasteiger partial charge in [-0.15, -0.1) is 0 Å². The van der Waals surface area contributed by atoms with Crippen molar-refractivity contribution in [2.75, 3.05) is 23.3 Å². The summed E-state index contributed by atoms with van der Waals surface area (Å²) in [5.74, 6) is -3.15. The fraction of sp³-hybridized carbons (Fsp3) is 0.615. The molecule has 0 spiro atoms. The number of oxazole rings is 1. The first-order valence-corrected chi connectivity index (χ1v) is 12.8. The Hall–Kier alpha value is -2.85. The molecule has 1 saturated heterocycles. The number of nitrogens with zero attached hydrogens (tertiary/aromatic N) is 2. The van der Waals surface area contributed by atoms with E-state index in [2.05, 4.69) is 10.3 Å². The second-order valence-corrected chi connectivity index (χ2v) is 10.8. The van der Waals surface area contributed by atoms with Gasteiger partial charge in [0, 0.05) is 36.3 Å². The van der Waals surface area contributed by atoms with E-state index in [1.807, 2.05) is 13.8 Å². The van der Waals surface area contributed by atoms with Gasteiger partial charge in [0.15, 0.2) is 23.1 Å². The fourth-order valence-electron chi connectivity index (χ4n) is 5.85. The van der Waals surface area contributed by atoms with Crippen LogP contribution >= 0.6 is 0 Å². The molecule has 6 nitrogen and oxygen atoms in total. The zero-order valence-corrected chi connectivity index (χ0v) is 20.8. The van der Waals surface area contributed by atoms with Gasteiger partial charge in [0.1, 0.15) is 12.2 Å². The summed E-state index contributed by atoms with van der Waals surface area (Å²) in [4.78, 5) is 18.6.